The lowest BCUT2D eigenvalue weighted by molar-refractivity contribution is 0.120. The zero-order chi connectivity index (χ0) is 15.0. The molecule has 0 radical (unpaired) electrons. The Labute approximate surface area is 132 Å². The molecule has 20 heavy (non-hydrogen) atoms. The van der Waals surface area contributed by atoms with Crippen LogP contribution < -0.4 is 4.72 Å². The van der Waals surface area contributed by atoms with Crippen molar-refractivity contribution in [2.24, 2.45) is 5.92 Å². The third kappa shape index (κ3) is 3.44. The van der Waals surface area contributed by atoms with Gasteiger partial charge in [0.05, 0.1) is 15.9 Å². The van der Waals surface area contributed by atoms with Gasteiger partial charge in [0.2, 0.25) is 0 Å². The molecule has 0 aliphatic heterocycles. The summed E-state index contributed by atoms with van der Waals surface area (Å²) in [6.45, 7) is 3.82. The van der Waals surface area contributed by atoms with Crippen LogP contribution in [0.2, 0.25) is 0 Å². The van der Waals surface area contributed by atoms with Gasteiger partial charge in [0.15, 0.2) is 0 Å². The highest BCUT2D eigenvalue weighted by atomic mass is 79.9. The fourth-order valence-electron chi connectivity index (χ4n) is 2.83. The summed E-state index contributed by atoms with van der Waals surface area (Å²) in [5.41, 5.74) is 0.200. The molecule has 0 saturated heterocycles. The number of aryl methyl sites for hydroxylation is 1. The Morgan fingerprint density at radius 2 is 2.30 bits per heavy atom. The van der Waals surface area contributed by atoms with E-state index < -0.39 is 15.6 Å². The normalized spacial score (nSPS) is 27.7. The number of sulfonamides is 1. The number of hydrogen-bond donors (Lipinski definition) is 2. The molecule has 2 rings (SSSR count). The summed E-state index contributed by atoms with van der Waals surface area (Å²) < 4.78 is 28.9. The maximum atomic E-state index is 12.5. The SMILES string of the molecule is Cc1cc(S(=O)(=O)NC2(CO)CCCC(C)C2)sc1Br. The number of halogens is 1. The first-order valence-corrected chi connectivity index (χ1v) is 9.78. The van der Waals surface area contributed by atoms with Crippen LogP contribution in [0.1, 0.15) is 38.2 Å². The van der Waals surface area contributed by atoms with Crippen molar-refractivity contribution in [2.45, 2.75) is 49.3 Å². The number of thiophene rings is 1. The quantitative estimate of drug-likeness (QED) is 0.841. The first kappa shape index (κ1) is 16.4. The topological polar surface area (TPSA) is 66.4 Å². The van der Waals surface area contributed by atoms with E-state index in [1.807, 2.05) is 6.92 Å². The molecule has 0 aromatic carbocycles. The van der Waals surface area contributed by atoms with Crippen molar-refractivity contribution in [3.63, 3.8) is 0 Å². The van der Waals surface area contributed by atoms with Crippen LogP contribution in [-0.2, 0) is 10.0 Å². The van der Waals surface area contributed by atoms with Gasteiger partial charge >= 0.3 is 0 Å². The molecule has 1 fully saturated rings. The maximum Gasteiger partial charge on any atom is 0.250 e. The average molecular weight is 382 g/mol. The minimum atomic E-state index is -3.58. The molecule has 2 unspecified atom stereocenters. The molecule has 1 aliphatic rings. The van der Waals surface area contributed by atoms with Crippen molar-refractivity contribution in [3.05, 3.63) is 15.4 Å². The molecule has 4 nitrogen and oxygen atoms in total. The fraction of sp³-hybridized carbons (Fsp3) is 0.692. The van der Waals surface area contributed by atoms with Gasteiger partial charge in [-0.25, -0.2) is 13.1 Å². The third-order valence-corrected chi connectivity index (χ3v) is 8.03. The molecule has 1 aliphatic carbocycles. The zero-order valence-corrected chi connectivity index (χ0v) is 14.9. The van der Waals surface area contributed by atoms with Crippen LogP contribution >= 0.6 is 27.3 Å². The molecule has 114 valence electrons. The first-order chi connectivity index (χ1) is 9.28. The number of aliphatic hydroxyl groups excluding tert-OH is 1. The maximum absolute atomic E-state index is 12.5. The highest BCUT2D eigenvalue weighted by molar-refractivity contribution is 9.11. The van der Waals surface area contributed by atoms with E-state index in [1.165, 1.54) is 11.3 Å². The molecular weight excluding hydrogens is 362 g/mol. The molecular formula is C13H20BrNO3S2. The largest absolute Gasteiger partial charge is 0.394 e. The van der Waals surface area contributed by atoms with E-state index >= 15 is 0 Å². The third-order valence-electron chi connectivity index (χ3n) is 3.84. The number of hydrogen-bond acceptors (Lipinski definition) is 4. The van der Waals surface area contributed by atoms with Gasteiger partial charge in [0.1, 0.15) is 4.21 Å². The Kier molecular flexibility index (Phi) is 4.96. The summed E-state index contributed by atoms with van der Waals surface area (Å²) in [4.78, 5) is 0. The standard InChI is InChI=1S/C13H20BrNO3S2/c1-9-4-3-5-13(7-9,8-16)15-20(17,18)11-6-10(2)12(14)19-11/h6,9,15-16H,3-5,7-8H2,1-2H3. The first-order valence-electron chi connectivity index (χ1n) is 6.69. The fourth-order valence-corrected chi connectivity index (χ4v) is 6.49. The zero-order valence-electron chi connectivity index (χ0n) is 11.6. The van der Waals surface area contributed by atoms with E-state index in [-0.39, 0.29) is 6.61 Å². The molecule has 2 atom stereocenters. The van der Waals surface area contributed by atoms with E-state index in [0.717, 1.165) is 22.2 Å². The molecule has 0 bridgehead atoms. The van der Waals surface area contributed by atoms with E-state index in [0.29, 0.717) is 23.0 Å². The predicted molar refractivity (Wildman–Crippen MR) is 84.5 cm³/mol. The van der Waals surface area contributed by atoms with Crippen LogP contribution in [0.25, 0.3) is 0 Å². The summed E-state index contributed by atoms with van der Waals surface area (Å²) in [6.07, 6.45) is 3.41. The van der Waals surface area contributed by atoms with Crippen molar-refractivity contribution >= 4 is 37.3 Å². The van der Waals surface area contributed by atoms with Crippen molar-refractivity contribution in [1.82, 2.24) is 4.72 Å². The Balaban J connectivity index is 2.26. The Morgan fingerprint density at radius 3 is 2.80 bits per heavy atom. The molecule has 1 heterocycles. The molecule has 1 aromatic heterocycles. The van der Waals surface area contributed by atoms with Crippen LogP contribution in [0.5, 0.6) is 0 Å². The molecule has 7 heteroatoms. The monoisotopic (exact) mass is 381 g/mol. The van der Waals surface area contributed by atoms with E-state index in [1.54, 1.807) is 6.07 Å². The number of rotatable bonds is 4. The van der Waals surface area contributed by atoms with Gasteiger partial charge in [-0.15, -0.1) is 11.3 Å². The van der Waals surface area contributed by atoms with Crippen LogP contribution in [0, 0.1) is 12.8 Å². The number of nitrogens with one attached hydrogen (secondary N) is 1. The van der Waals surface area contributed by atoms with E-state index in [9.17, 15) is 13.5 Å². The molecule has 1 aromatic rings. The van der Waals surface area contributed by atoms with Gasteiger partial charge in [0.25, 0.3) is 10.0 Å². The van der Waals surface area contributed by atoms with E-state index in [4.69, 9.17) is 0 Å². The molecule has 1 saturated carbocycles. The second kappa shape index (κ2) is 6.04. The molecule has 2 N–H and O–H groups in total. The molecule has 0 spiro atoms. The smallest absolute Gasteiger partial charge is 0.250 e. The van der Waals surface area contributed by atoms with Gasteiger partial charge in [-0.3, -0.25) is 0 Å². The van der Waals surface area contributed by atoms with E-state index in [2.05, 4.69) is 27.6 Å². The lowest BCUT2D eigenvalue weighted by Crippen LogP contribution is -2.53. The summed E-state index contributed by atoms with van der Waals surface area (Å²) in [5.74, 6) is 0.426. The van der Waals surface area contributed by atoms with Crippen LogP contribution in [0.3, 0.4) is 0 Å². The van der Waals surface area contributed by atoms with Crippen molar-refractivity contribution in [1.29, 1.82) is 0 Å². The van der Waals surface area contributed by atoms with Crippen LogP contribution in [-0.4, -0.2) is 25.7 Å². The summed E-state index contributed by atoms with van der Waals surface area (Å²) >= 11 is 4.56. The number of aliphatic hydroxyl groups is 1. The second-order valence-electron chi connectivity index (χ2n) is 5.77. The Hall–Kier alpha value is 0.0500. The lowest BCUT2D eigenvalue weighted by Gasteiger charge is -2.38. The van der Waals surface area contributed by atoms with Gasteiger partial charge in [-0.2, -0.15) is 0 Å². The minimum Gasteiger partial charge on any atom is -0.394 e. The lowest BCUT2D eigenvalue weighted by atomic mass is 9.78. The second-order valence-corrected chi connectivity index (χ2v) is 10.0. The molecule has 0 amide bonds. The van der Waals surface area contributed by atoms with Gasteiger partial charge < -0.3 is 5.11 Å². The average Bonchev–Trinajstić information content (AvgIpc) is 2.70. The highest BCUT2D eigenvalue weighted by Crippen LogP contribution is 2.35. The Bertz CT molecular complexity index is 565. The van der Waals surface area contributed by atoms with Crippen molar-refractivity contribution < 1.29 is 13.5 Å². The van der Waals surface area contributed by atoms with Gasteiger partial charge in [0, 0.05) is 0 Å². The van der Waals surface area contributed by atoms with Crippen LogP contribution in [0.4, 0.5) is 0 Å². The minimum absolute atomic E-state index is 0.151. The van der Waals surface area contributed by atoms with Gasteiger partial charge in [-0.1, -0.05) is 19.8 Å². The van der Waals surface area contributed by atoms with Gasteiger partial charge in [-0.05, 0) is 53.2 Å². The van der Waals surface area contributed by atoms with Crippen LogP contribution in [0.15, 0.2) is 14.1 Å². The predicted octanol–water partition coefficient (Wildman–Crippen LogP) is 3.04. The highest BCUT2D eigenvalue weighted by Gasteiger charge is 2.38. The summed E-state index contributed by atoms with van der Waals surface area (Å²) in [6, 6.07) is 1.66. The van der Waals surface area contributed by atoms with Crippen molar-refractivity contribution in [3.8, 4) is 0 Å². The summed E-state index contributed by atoms with van der Waals surface area (Å²) in [7, 11) is -3.58. The van der Waals surface area contributed by atoms with Crippen molar-refractivity contribution in [2.75, 3.05) is 6.61 Å². The summed E-state index contributed by atoms with van der Waals surface area (Å²) in [5, 5.41) is 9.70. The Morgan fingerprint density at radius 1 is 1.60 bits per heavy atom.